The largest absolute Gasteiger partial charge is 0.366 e. The Labute approximate surface area is 196 Å². The Morgan fingerprint density at radius 3 is 2.24 bits per heavy atom. The number of hydrogen-bond donors (Lipinski definition) is 2. The van der Waals surface area contributed by atoms with E-state index in [0.717, 1.165) is 11.1 Å². The third-order valence-electron chi connectivity index (χ3n) is 5.42. The molecule has 6 heteroatoms. The van der Waals surface area contributed by atoms with Gasteiger partial charge >= 0.3 is 0 Å². The molecule has 168 valence electrons. The highest BCUT2D eigenvalue weighted by Crippen LogP contribution is 2.32. The molecule has 4 aromatic rings. The summed E-state index contributed by atoms with van der Waals surface area (Å²) in [5.74, 6) is -1.51. The van der Waals surface area contributed by atoms with E-state index < -0.39 is 17.6 Å². The van der Waals surface area contributed by atoms with E-state index in [4.69, 9.17) is 5.73 Å². The summed E-state index contributed by atoms with van der Waals surface area (Å²) < 4.78 is 13.3. The molecule has 0 aliphatic rings. The molecule has 5 nitrogen and oxygen atoms in total. The Balaban J connectivity index is 1.82. The molecule has 4 aromatic carbocycles. The molecule has 0 aromatic heterocycles. The first-order valence-electron chi connectivity index (χ1n) is 10.6. The predicted molar refractivity (Wildman–Crippen MR) is 129 cm³/mol. The quantitative estimate of drug-likeness (QED) is 0.376. The van der Waals surface area contributed by atoms with Crippen LogP contribution in [-0.2, 0) is 6.42 Å². The molecule has 0 spiro atoms. The van der Waals surface area contributed by atoms with Crippen LogP contribution >= 0.6 is 0 Å². The molecular formula is C28H21FN2O3. The highest BCUT2D eigenvalue weighted by molar-refractivity contribution is 6.08. The minimum Gasteiger partial charge on any atom is -0.366 e. The van der Waals surface area contributed by atoms with Gasteiger partial charge in [-0.25, -0.2) is 4.39 Å². The summed E-state index contributed by atoms with van der Waals surface area (Å²) in [6, 6.07) is 25.2. The Hall–Kier alpha value is -4.58. The SMILES string of the molecule is NC(=O)c1cccc(-c2cc(Cc3ccccc3)cc(NC(=O)c3ccc(F)cc3)c2C=O)c1. The lowest BCUT2D eigenvalue weighted by molar-refractivity contribution is 0.0997. The molecule has 0 heterocycles. The van der Waals surface area contributed by atoms with Crippen molar-refractivity contribution in [2.75, 3.05) is 5.32 Å². The number of nitrogens with one attached hydrogen (secondary N) is 1. The van der Waals surface area contributed by atoms with E-state index in [1.165, 1.54) is 24.3 Å². The van der Waals surface area contributed by atoms with Crippen molar-refractivity contribution in [3.8, 4) is 11.1 Å². The Morgan fingerprint density at radius 1 is 0.824 bits per heavy atom. The molecule has 0 bridgehead atoms. The molecule has 0 saturated heterocycles. The second-order valence-electron chi connectivity index (χ2n) is 7.79. The lowest BCUT2D eigenvalue weighted by Gasteiger charge is -2.16. The lowest BCUT2D eigenvalue weighted by Crippen LogP contribution is -2.14. The molecule has 0 saturated carbocycles. The van der Waals surface area contributed by atoms with Crippen LogP contribution in [0.4, 0.5) is 10.1 Å². The van der Waals surface area contributed by atoms with Crippen LogP contribution in [0.15, 0.2) is 91.0 Å². The van der Waals surface area contributed by atoms with Crippen LogP contribution in [0.2, 0.25) is 0 Å². The van der Waals surface area contributed by atoms with Gasteiger partial charge in [-0.2, -0.15) is 0 Å². The first kappa shape index (κ1) is 22.6. The van der Waals surface area contributed by atoms with Crippen molar-refractivity contribution in [1.29, 1.82) is 0 Å². The first-order valence-corrected chi connectivity index (χ1v) is 10.6. The molecule has 0 unspecified atom stereocenters. The molecule has 0 aliphatic carbocycles. The molecule has 0 radical (unpaired) electrons. The number of amides is 2. The van der Waals surface area contributed by atoms with Crippen LogP contribution in [0.25, 0.3) is 11.1 Å². The number of benzene rings is 4. The van der Waals surface area contributed by atoms with Gasteiger partial charge in [0.15, 0.2) is 6.29 Å². The second kappa shape index (κ2) is 9.92. The monoisotopic (exact) mass is 452 g/mol. The third kappa shape index (κ3) is 5.07. The van der Waals surface area contributed by atoms with E-state index in [1.54, 1.807) is 30.3 Å². The summed E-state index contributed by atoms with van der Waals surface area (Å²) in [6.45, 7) is 0. The zero-order valence-electron chi connectivity index (χ0n) is 18.1. The van der Waals surface area contributed by atoms with Crippen molar-refractivity contribution in [2.24, 2.45) is 5.73 Å². The number of aldehydes is 1. The summed E-state index contributed by atoms with van der Waals surface area (Å²) in [7, 11) is 0. The van der Waals surface area contributed by atoms with Crippen molar-refractivity contribution in [1.82, 2.24) is 0 Å². The van der Waals surface area contributed by atoms with Gasteiger partial charge in [0, 0.05) is 16.7 Å². The zero-order valence-corrected chi connectivity index (χ0v) is 18.1. The van der Waals surface area contributed by atoms with Crippen molar-refractivity contribution in [3.05, 3.63) is 125 Å². The fourth-order valence-electron chi connectivity index (χ4n) is 3.75. The van der Waals surface area contributed by atoms with Gasteiger partial charge in [-0.1, -0.05) is 42.5 Å². The molecular weight excluding hydrogens is 431 g/mol. The van der Waals surface area contributed by atoms with E-state index >= 15 is 0 Å². The fourth-order valence-corrected chi connectivity index (χ4v) is 3.75. The fraction of sp³-hybridized carbons (Fsp3) is 0.0357. The standard InChI is InChI=1S/C28H21FN2O3/c29-23-11-9-20(10-12-23)28(34)31-26-15-19(13-18-5-2-1-3-6-18)14-24(25(26)17-32)21-7-4-8-22(16-21)27(30)33/h1-12,14-17H,13H2,(H2,30,33)(H,31,34). The Morgan fingerprint density at radius 2 is 1.56 bits per heavy atom. The van der Waals surface area contributed by atoms with Gasteiger partial charge in [0.25, 0.3) is 5.91 Å². The highest BCUT2D eigenvalue weighted by Gasteiger charge is 2.17. The first-order chi connectivity index (χ1) is 16.4. The number of carbonyl (C=O) groups excluding carboxylic acids is 3. The maximum atomic E-state index is 13.3. The average molecular weight is 452 g/mol. The van der Waals surface area contributed by atoms with E-state index in [9.17, 15) is 18.8 Å². The number of primary amides is 1. The Kier molecular flexibility index (Phi) is 6.59. The van der Waals surface area contributed by atoms with Gasteiger partial charge in [0.05, 0.1) is 5.69 Å². The summed E-state index contributed by atoms with van der Waals surface area (Å²) in [4.78, 5) is 36.7. The van der Waals surface area contributed by atoms with Gasteiger partial charge in [-0.05, 0) is 77.2 Å². The van der Waals surface area contributed by atoms with Gasteiger partial charge < -0.3 is 11.1 Å². The van der Waals surface area contributed by atoms with Crippen LogP contribution in [0.1, 0.15) is 42.2 Å². The summed E-state index contributed by atoms with van der Waals surface area (Å²) in [5.41, 5.74) is 9.65. The topological polar surface area (TPSA) is 89.3 Å². The number of nitrogens with two attached hydrogens (primary N) is 1. The minimum absolute atomic E-state index is 0.254. The molecule has 0 fully saturated rings. The molecule has 0 atom stereocenters. The molecule has 2 amide bonds. The van der Waals surface area contributed by atoms with E-state index in [2.05, 4.69) is 5.32 Å². The van der Waals surface area contributed by atoms with Crippen LogP contribution in [0.5, 0.6) is 0 Å². The smallest absolute Gasteiger partial charge is 0.255 e. The molecule has 4 rings (SSSR count). The summed E-state index contributed by atoms with van der Waals surface area (Å²) >= 11 is 0. The van der Waals surface area contributed by atoms with Crippen molar-refractivity contribution < 1.29 is 18.8 Å². The van der Waals surface area contributed by atoms with Crippen LogP contribution in [0.3, 0.4) is 0 Å². The highest BCUT2D eigenvalue weighted by atomic mass is 19.1. The van der Waals surface area contributed by atoms with Crippen molar-refractivity contribution in [3.63, 3.8) is 0 Å². The van der Waals surface area contributed by atoms with Gasteiger partial charge in [-0.15, -0.1) is 0 Å². The zero-order chi connectivity index (χ0) is 24.1. The third-order valence-corrected chi connectivity index (χ3v) is 5.42. The predicted octanol–water partition coefficient (Wildman–Crippen LogP) is 5.25. The summed E-state index contributed by atoms with van der Waals surface area (Å²) in [5, 5.41) is 2.79. The number of anilines is 1. The maximum Gasteiger partial charge on any atom is 0.255 e. The second-order valence-corrected chi connectivity index (χ2v) is 7.79. The number of halogens is 1. The van der Waals surface area contributed by atoms with Gasteiger partial charge in [-0.3, -0.25) is 14.4 Å². The molecule has 34 heavy (non-hydrogen) atoms. The molecule has 3 N–H and O–H groups in total. The number of carbonyl (C=O) groups is 3. The number of hydrogen-bond acceptors (Lipinski definition) is 3. The maximum absolute atomic E-state index is 13.3. The van der Waals surface area contributed by atoms with E-state index in [1.807, 2.05) is 36.4 Å². The minimum atomic E-state index is -0.584. The van der Waals surface area contributed by atoms with Crippen LogP contribution in [-0.4, -0.2) is 18.1 Å². The normalized spacial score (nSPS) is 10.5. The van der Waals surface area contributed by atoms with Crippen LogP contribution in [0, 0.1) is 5.82 Å². The van der Waals surface area contributed by atoms with Gasteiger partial charge in [0.2, 0.25) is 5.91 Å². The van der Waals surface area contributed by atoms with Crippen molar-refractivity contribution in [2.45, 2.75) is 6.42 Å². The Bertz CT molecular complexity index is 1370. The number of rotatable bonds is 7. The van der Waals surface area contributed by atoms with E-state index in [0.29, 0.717) is 35.1 Å². The van der Waals surface area contributed by atoms with E-state index in [-0.39, 0.29) is 11.1 Å². The average Bonchev–Trinajstić information content (AvgIpc) is 2.85. The van der Waals surface area contributed by atoms with Gasteiger partial charge in [0.1, 0.15) is 5.82 Å². The molecule has 0 aliphatic heterocycles. The van der Waals surface area contributed by atoms with Crippen molar-refractivity contribution >= 4 is 23.8 Å². The summed E-state index contributed by atoms with van der Waals surface area (Å²) in [6.07, 6.45) is 1.22. The van der Waals surface area contributed by atoms with Crippen LogP contribution < -0.4 is 11.1 Å². The lowest BCUT2D eigenvalue weighted by atomic mass is 9.92.